The number of hydrogen-bond acceptors (Lipinski definition) is 3. The molecule has 1 fully saturated rings. The number of carbonyl (C=O) groups is 1. The molecule has 0 atom stereocenters. The van der Waals surface area contributed by atoms with E-state index in [-0.39, 0.29) is 26.6 Å². The van der Waals surface area contributed by atoms with Gasteiger partial charge in [-0.05, 0) is 0 Å². The third-order valence-corrected chi connectivity index (χ3v) is 4.84. The Morgan fingerprint density at radius 3 is 2.60 bits per heavy atom. The van der Waals surface area contributed by atoms with Crippen LogP contribution in [0.3, 0.4) is 0 Å². The molecule has 102 valence electrons. The number of hydrogen-bond donors (Lipinski definition) is 0. The van der Waals surface area contributed by atoms with E-state index in [0.717, 1.165) is 22.3 Å². The van der Waals surface area contributed by atoms with E-state index in [0.29, 0.717) is 5.76 Å². The van der Waals surface area contributed by atoms with Gasteiger partial charge in [0.15, 0.2) is 0 Å². The van der Waals surface area contributed by atoms with Crippen LogP contribution in [0, 0.1) is 0 Å². The van der Waals surface area contributed by atoms with Crippen molar-refractivity contribution in [2.24, 2.45) is 4.99 Å². The van der Waals surface area contributed by atoms with Crippen molar-refractivity contribution < 1.29 is 13.6 Å². The van der Waals surface area contributed by atoms with Gasteiger partial charge in [0.25, 0.3) is 0 Å². The van der Waals surface area contributed by atoms with Gasteiger partial charge >= 0.3 is 122 Å². The predicted octanol–water partition coefficient (Wildman–Crippen LogP) is 2.48. The predicted molar refractivity (Wildman–Crippen MR) is 75.5 cm³/mol. The second-order valence-electron chi connectivity index (χ2n) is 4.10. The van der Waals surface area contributed by atoms with Crippen LogP contribution >= 0.6 is 0 Å². The molecule has 0 saturated carbocycles. The second-order valence-corrected chi connectivity index (χ2v) is 6.33. The monoisotopic (exact) mass is 336 g/mol. The molecule has 1 aliphatic rings. The molecule has 0 N–H and O–H groups in total. The molecule has 1 amide bonds. The molecule has 0 radical (unpaired) electrons. The van der Waals surface area contributed by atoms with Crippen LogP contribution in [0.2, 0.25) is 5.32 Å². The first-order valence-corrected chi connectivity index (χ1v) is 8.12. The van der Waals surface area contributed by atoms with E-state index in [1.54, 1.807) is 18.4 Å². The normalized spacial score (nSPS) is 16.8. The van der Waals surface area contributed by atoms with E-state index in [1.807, 2.05) is 17.0 Å². The Morgan fingerprint density at radius 2 is 1.95 bits per heavy atom. The zero-order valence-corrected chi connectivity index (χ0v) is 12.3. The molecule has 2 aromatic heterocycles. The van der Waals surface area contributed by atoms with Crippen LogP contribution in [0.1, 0.15) is 16.3 Å². The van der Waals surface area contributed by atoms with Gasteiger partial charge in [0.05, 0.1) is 0 Å². The zero-order chi connectivity index (χ0) is 13.9. The Balaban J connectivity index is 1.82. The van der Waals surface area contributed by atoms with Crippen LogP contribution < -0.4 is 0 Å². The molecule has 0 bridgehead atoms. The maximum absolute atomic E-state index is 12.0. The van der Waals surface area contributed by atoms with Crippen molar-refractivity contribution in [1.29, 1.82) is 0 Å². The average molecular weight is 335 g/mol. The standard InChI is InChI=1S/C14H12N2O3Se/c1-10(11-4-2-7-18-11)16-6-9-20-14(16)15-13(17)12-5-3-8-19-12/h2-5,7-8H,1,6,9H2. The van der Waals surface area contributed by atoms with Gasteiger partial charge in [-0.2, -0.15) is 0 Å². The Hall–Kier alpha value is -2.04. The zero-order valence-electron chi connectivity index (χ0n) is 10.6. The topological polar surface area (TPSA) is 59.0 Å². The summed E-state index contributed by atoms with van der Waals surface area (Å²) in [6.45, 7) is 4.84. The SMILES string of the molecule is C=C(c1ccco1)N1CC[Se]C1=NC(=O)c1ccco1. The Morgan fingerprint density at radius 1 is 1.25 bits per heavy atom. The van der Waals surface area contributed by atoms with Crippen molar-refractivity contribution in [1.82, 2.24) is 4.90 Å². The van der Waals surface area contributed by atoms with Crippen molar-refractivity contribution in [3.05, 3.63) is 54.9 Å². The Bertz CT molecular complexity index is 644. The van der Waals surface area contributed by atoms with Crippen molar-refractivity contribution in [2.75, 3.05) is 6.54 Å². The van der Waals surface area contributed by atoms with Crippen LogP contribution in [-0.4, -0.2) is 37.0 Å². The van der Waals surface area contributed by atoms with E-state index in [4.69, 9.17) is 8.83 Å². The number of amides is 1. The van der Waals surface area contributed by atoms with Gasteiger partial charge in [0.1, 0.15) is 0 Å². The molecule has 6 heteroatoms. The quantitative estimate of drug-likeness (QED) is 0.809. The first-order chi connectivity index (χ1) is 9.75. The van der Waals surface area contributed by atoms with E-state index < -0.39 is 0 Å². The molecule has 1 aliphatic heterocycles. The fraction of sp³-hybridized carbons (Fsp3) is 0.143. The molecular formula is C14H12N2O3Se. The molecule has 3 heterocycles. The number of aliphatic imine (C=N–C) groups is 1. The molecule has 3 rings (SSSR count). The van der Waals surface area contributed by atoms with Crippen molar-refractivity contribution >= 4 is 31.3 Å². The van der Waals surface area contributed by atoms with E-state index in [1.165, 1.54) is 6.26 Å². The summed E-state index contributed by atoms with van der Waals surface area (Å²) in [5, 5.41) is 0.997. The molecule has 0 aromatic carbocycles. The Labute approximate surface area is 122 Å². The van der Waals surface area contributed by atoms with Gasteiger partial charge in [0, 0.05) is 0 Å². The van der Waals surface area contributed by atoms with Gasteiger partial charge < -0.3 is 0 Å². The van der Waals surface area contributed by atoms with Gasteiger partial charge in [-0.25, -0.2) is 0 Å². The Kier molecular flexibility index (Phi) is 3.58. The average Bonchev–Trinajstić information content (AvgIpc) is 3.20. The minimum absolute atomic E-state index is 0.164. The molecular weight excluding hydrogens is 323 g/mol. The molecule has 0 aliphatic carbocycles. The van der Waals surface area contributed by atoms with Crippen LogP contribution in [0.4, 0.5) is 0 Å². The van der Waals surface area contributed by atoms with Gasteiger partial charge in [0.2, 0.25) is 0 Å². The number of amidine groups is 1. The van der Waals surface area contributed by atoms with E-state index in [9.17, 15) is 4.79 Å². The summed E-state index contributed by atoms with van der Waals surface area (Å²) in [5.41, 5.74) is 0.736. The first kappa shape index (κ1) is 13.0. The van der Waals surface area contributed by atoms with Crippen LogP contribution in [0.15, 0.2) is 57.2 Å². The summed E-state index contributed by atoms with van der Waals surface area (Å²) < 4.78 is 11.2. The van der Waals surface area contributed by atoms with Gasteiger partial charge in [-0.15, -0.1) is 0 Å². The second kappa shape index (κ2) is 5.53. The molecule has 0 unspecified atom stereocenters. The van der Waals surface area contributed by atoms with Crippen molar-refractivity contribution in [3.63, 3.8) is 0 Å². The molecule has 2 aromatic rings. The third kappa shape index (κ3) is 2.48. The first-order valence-electron chi connectivity index (χ1n) is 6.05. The fourth-order valence-electron chi connectivity index (χ4n) is 1.86. The number of carbonyl (C=O) groups excluding carboxylic acids is 1. The summed E-state index contributed by atoms with van der Waals surface area (Å²) in [7, 11) is 0. The molecule has 1 saturated heterocycles. The summed E-state index contributed by atoms with van der Waals surface area (Å²) in [4.78, 5) is 18.1. The maximum atomic E-state index is 12.0. The number of nitrogens with zero attached hydrogens (tertiary/aromatic N) is 2. The fourth-order valence-corrected chi connectivity index (χ4v) is 3.88. The van der Waals surface area contributed by atoms with Gasteiger partial charge in [-0.1, -0.05) is 0 Å². The summed E-state index contributed by atoms with van der Waals surface area (Å²) in [6.07, 6.45) is 3.07. The van der Waals surface area contributed by atoms with Crippen LogP contribution in [-0.2, 0) is 0 Å². The molecule has 5 nitrogen and oxygen atoms in total. The molecule has 0 spiro atoms. The number of rotatable bonds is 3. The van der Waals surface area contributed by atoms with Crippen LogP contribution in [0.5, 0.6) is 0 Å². The molecule has 20 heavy (non-hydrogen) atoms. The number of furan rings is 2. The van der Waals surface area contributed by atoms with Crippen molar-refractivity contribution in [3.8, 4) is 0 Å². The van der Waals surface area contributed by atoms with E-state index >= 15 is 0 Å². The van der Waals surface area contributed by atoms with Crippen LogP contribution in [0.25, 0.3) is 5.70 Å². The third-order valence-electron chi connectivity index (χ3n) is 2.84. The minimum atomic E-state index is -0.356. The van der Waals surface area contributed by atoms with Gasteiger partial charge in [-0.3, -0.25) is 0 Å². The van der Waals surface area contributed by atoms with E-state index in [2.05, 4.69) is 11.6 Å². The summed E-state index contributed by atoms with van der Waals surface area (Å²) >= 11 is 0.164. The summed E-state index contributed by atoms with van der Waals surface area (Å²) in [5.74, 6) is 0.593. The van der Waals surface area contributed by atoms with Crippen molar-refractivity contribution in [2.45, 2.75) is 5.32 Å². The summed E-state index contributed by atoms with van der Waals surface area (Å²) in [6, 6.07) is 6.94.